The van der Waals surface area contributed by atoms with Crippen molar-refractivity contribution in [3.63, 3.8) is 0 Å². The summed E-state index contributed by atoms with van der Waals surface area (Å²) in [5, 5.41) is 10.8. The van der Waals surface area contributed by atoms with Gasteiger partial charge < -0.3 is 4.90 Å². The molecule has 0 atom stereocenters. The minimum Gasteiger partial charge on any atom is -0.367 e. The molecule has 0 fully saturated rings. The molecule has 4 nitrogen and oxygen atoms in total. The maximum atomic E-state index is 13.2. The lowest BCUT2D eigenvalue weighted by atomic mass is 9.98. The Labute approximate surface area is 122 Å². The molecule has 0 unspecified atom stereocenters. The van der Waals surface area contributed by atoms with Crippen LogP contribution in [0, 0.1) is 22.9 Å². The Bertz CT molecular complexity index is 715. The van der Waals surface area contributed by atoms with Crippen molar-refractivity contribution in [1.82, 2.24) is 0 Å². The van der Waals surface area contributed by atoms with Crippen LogP contribution in [-0.2, 0) is 13.0 Å². The molecule has 0 radical (unpaired) electrons. The first-order valence-electron chi connectivity index (χ1n) is 6.82. The molecule has 1 aliphatic heterocycles. The second-order valence-corrected chi connectivity index (χ2v) is 5.31. The molecule has 1 aliphatic rings. The van der Waals surface area contributed by atoms with Crippen molar-refractivity contribution in [2.24, 2.45) is 0 Å². The minimum atomic E-state index is -0.384. The summed E-state index contributed by atoms with van der Waals surface area (Å²) in [7, 11) is 0. The van der Waals surface area contributed by atoms with Gasteiger partial charge in [-0.15, -0.1) is 0 Å². The Morgan fingerprint density at radius 2 is 2.00 bits per heavy atom. The third kappa shape index (κ3) is 2.59. The van der Waals surface area contributed by atoms with E-state index in [1.165, 1.54) is 12.1 Å². The van der Waals surface area contributed by atoms with Crippen LogP contribution < -0.4 is 4.90 Å². The number of benzene rings is 2. The molecule has 2 aromatic carbocycles. The number of non-ortho nitro benzene ring substituents is 1. The Kier molecular flexibility index (Phi) is 3.33. The molecular weight excluding hydrogens is 271 g/mol. The van der Waals surface area contributed by atoms with Gasteiger partial charge in [0.15, 0.2) is 0 Å². The third-order valence-electron chi connectivity index (χ3n) is 3.91. The van der Waals surface area contributed by atoms with E-state index in [4.69, 9.17) is 0 Å². The molecule has 0 amide bonds. The predicted octanol–water partition coefficient (Wildman–Crippen LogP) is 3.61. The first kappa shape index (κ1) is 13.5. The summed E-state index contributed by atoms with van der Waals surface area (Å²) in [6, 6.07) is 9.80. The minimum absolute atomic E-state index is 0.107. The van der Waals surface area contributed by atoms with Crippen molar-refractivity contribution < 1.29 is 9.31 Å². The van der Waals surface area contributed by atoms with E-state index in [-0.39, 0.29) is 16.4 Å². The standard InChI is InChI=1S/C16H15FN2O2/c1-11-8-15(19(20)21)4-5-16(11)18-7-6-12-9-14(17)3-2-13(12)10-18/h2-5,8-9H,6-7,10H2,1H3. The SMILES string of the molecule is Cc1cc([N+](=O)[O-])ccc1N1CCc2cc(F)ccc2C1. The molecule has 0 saturated carbocycles. The lowest BCUT2D eigenvalue weighted by molar-refractivity contribution is -0.384. The van der Waals surface area contributed by atoms with Crippen molar-refractivity contribution in [3.05, 3.63) is 69.0 Å². The van der Waals surface area contributed by atoms with E-state index in [0.717, 1.165) is 35.3 Å². The molecule has 0 spiro atoms. The van der Waals surface area contributed by atoms with Crippen LogP contribution in [0.25, 0.3) is 0 Å². The van der Waals surface area contributed by atoms with Crippen LogP contribution in [0.1, 0.15) is 16.7 Å². The zero-order valence-corrected chi connectivity index (χ0v) is 11.7. The van der Waals surface area contributed by atoms with E-state index in [1.54, 1.807) is 18.2 Å². The van der Waals surface area contributed by atoms with E-state index in [9.17, 15) is 14.5 Å². The zero-order chi connectivity index (χ0) is 15.0. The van der Waals surface area contributed by atoms with Crippen LogP contribution in [0.3, 0.4) is 0 Å². The Balaban J connectivity index is 1.89. The first-order chi connectivity index (χ1) is 10.0. The van der Waals surface area contributed by atoms with Gasteiger partial charge in [-0.05, 0) is 48.2 Å². The number of fused-ring (bicyclic) bond motifs is 1. The van der Waals surface area contributed by atoms with Crippen molar-refractivity contribution in [2.45, 2.75) is 19.9 Å². The number of aryl methyl sites for hydroxylation is 1. The van der Waals surface area contributed by atoms with Gasteiger partial charge in [-0.2, -0.15) is 0 Å². The maximum Gasteiger partial charge on any atom is 0.269 e. The molecule has 0 aromatic heterocycles. The van der Waals surface area contributed by atoms with Crippen molar-refractivity contribution in [1.29, 1.82) is 0 Å². The number of nitro benzene ring substituents is 1. The van der Waals surface area contributed by atoms with Crippen LogP contribution in [0.15, 0.2) is 36.4 Å². The normalized spacial score (nSPS) is 13.9. The number of anilines is 1. The fourth-order valence-electron chi connectivity index (χ4n) is 2.84. The van der Waals surface area contributed by atoms with Crippen LogP contribution in [0.4, 0.5) is 15.8 Å². The smallest absolute Gasteiger partial charge is 0.269 e. The second kappa shape index (κ2) is 5.16. The van der Waals surface area contributed by atoms with Crippen LogP contribution in [0.2, 0.25) is 0 Å². The van der Waals surface area contributed by atoms with Gasteiger partial charge in [0.25, 0.3) is 5.69 Å². The lowest BCUT2D eigenvalue weighted by Crippen LogP contribution is -2.30. The largest absolute Gasteiger partial charge is 0.367 e. The highest BCUT2D eigenvalue weighted by Gasteiger charge is 2.19. The Hall–Kier alpha value is -2.43. The molecule has 3 rings (SSSR count). The molecular formula is C16H15FN2O2. The average Bonchev–Trinajstić information content (AvgIpc) is 2.46. The molecule has 1 heterocycles. The summed E-state index contributed by atoms with van der Waals surface area (Å²) in [6.45, 7) is 3.37. The second-order valence-electron chi connectivity index (χ2n) is 5.31. The van der Waals surface area contributed by atoms with Crippen LogP contribution in [0.5, 0.6) is 0 Å². The molecule has 2 aromatic rings. The van der Waals surface area contributed by atoms with Gasteiger partial charge in [0, 0.05) is 30.9 Å². The molecule has 21 heavy (non-hydrogen) atoms. The number of rotatable bonds is 2. The van der Waals surface area contributed by atoms with E-state index >= 15 is 0 Å². The lowest BCUT2D eigenvalue weighted by Gasteiger charge is -2.31. The predicted molar refractivity (Wildman–Crippen MR) is 79.0 cm³/mol. The molecule has 0 saturated heterocycles. The van der Waals surface area contributed by atoms with E-state index in [2.05, 4.69) is 4.90 Å². The summed E-state index contributed by atoms with van der Waals surface area (Å²) >= 11 is 0. The molecule has 0 bridgehead atoms. The number of hydrogen-bond donors (Lipinski definition) is 0. The fraction of sp³-hybridized carbons (Fsp3) is 0.250. The summed E-state index contributed by atoms with van der Waals surface area (Å²) in [4.78, 5) is 12.6. The van der Waals surface area contributed by atoms with E-state index in [1.807, 2.05) is 13.0 Å². The highest BCUT2D eigenvalue weighted by atomic mass is 19.1. The van der Waals surface area contributed by atoms with E-state index in [0.29, 0.717) is 6.54 Å². The highest BCUT2D eigenvalue weighted by molar-refractivity contribution is 5.58. The fourth-order valence-corrected chi connectivity index (χ4v) is 2.84. The average molecular weight is 286 g/mol. The molecule has 108 valence electrons. The zero-order valence-electron chi connectivity index (χ0n) is 11.7. The highest BCUT2D eigenvalue weighted by Crippen LogP contribution is 2.29. The third-order valence-corrected chi connectivity index (χ3v) is 3.91. The first-order valence-corrected chi connectivity index (χ1v) is 6.82. The summed E-state index contributed by atoms with van der Waals surface area (Å²) < 4.78 is 13.2. The van der Waals surface area contributed by atoms with Gasteiger partial charge in [0.05, 0.1) is 4.92 Å². The van der Waals surface area contributed by atoms with Crippen molar-refractivity contribution in [3.8, 4) is 0 Å². The summed E-state index contributed by atoms with van der Waals surface area (Å²) in [5.74, 6) is -0.200. The quantitative estimate of drug-likeness (QED) is 0.626. The summed E-state index contributed by atoms with van der Waals surface area (Å²) in [6.07, 6.45) is 0.781. The Morgan fingerprint density at radius 1 is 1.19 bits per heavy atom. The Morgan fingerprint density at radius 3 is 2.71 bits per heavy atom. The monoisotopic (exact) mass is 286 g/mol. The van der Waals surface area contributed by atoms with Crippen LogP contribution >= 0.6 is 0 Å². The van der Waals surface area contributed by atoms with Gasteiger partial charge in [-0.1, -0.05) is 6.07 Å². The van der Waals surface area contributed by atoms with Crippen LogP contribution in [-0.4, -0.2) is 11.5 Å². The van der Waals surface area contributed by atoms with E-state index < -0.39 is 0 Å². The van der Waals surface area contributed by atoms with Crippen molar-refractivity contribution >= 4 is 11.4 Å². The molecule has 5 heteroatoms. The van der Waals surface area contributed by atoms with Gasteiger partial charge in [-0.3, -0.25) is 10.1 Å². The number of nitro groups is 1. The molecule has 0 N–H and O–H groups in total. The number of hydrogen-bond acceptors (Lipinski definition) is 3. The maximum absolute atomic E-state index is 13.2. The van der Waals surface area contributed by atoms with Gasteiger partial charge in [0.1, 0.15) is 5.82 Å². The van der Waals surface area contributed by atoms with Gasteiger partial charge in [-0.25, -0.2) is 4.39 Å². The van der Waals surface area contributed by atoms with Crippen molar-refractivity contribution in [2.75, 3.05) is 11.4 Å². The number of nitrogens with zero attached hydrogens (tertiary/aromatic N) is 2. The topological polar surface area (TPSA) is 46.4 Å². The molecule has 0 aliphatic carbocycles. The van der Waals surface area contributed by atoms with Gasteiger partial charge in [0.2, 0.25) is 0 Å². The number of halogens is 1. The van der Waals surface area contributed by atoms with Gasteiger partial charge >= 0.3 is 0 Å². The summed E-state index contributed by atoms with van der Waals surface area (Å²) in [5.41, 5.74) is 4.15.